The van der Waals surface area contributed by atoms with Crippen LogP contribution < -0.4 is 10.2 Å². The summed E-state index contributed by atoms with van der Waals surface area (Å²) in [4.78, 5) is 26.9. The average Bonchev–Trinajstić information content (AvgIpc) is 2.73. The van der Waals surface area contributed by atoms with Crippen LogP contribution in [-0.4, -0.2) is 55.3 Å². The molecule has 148 valence electrons. The van der Waals surface area contributed by atoms with Crippen LogP contribution in [0.25, 0.3) is 0 Å². The number of nitrogens with zero attached hydrogens (tertiary/aromatic N) is 1. The second-order valence-corrected chi connectivity index (χ2v) is 7.57. The van der Waals surface area contributed by atoms with E-state index in [0.717, 1.165) is 18.8 Å². The minimum absolute atomic E-state index is 0.200. The Bertz CT molecular complexity index is 863. The highest BCUT2D eigenvalue weighted by Crippen LogP contribution is 2.19. The second-order valence-electron chi connectivity index (χ2n) is 6.22. The number of esters is 1. The summed E-state index contributed by atoms with van der Waals surface area (Å²) < 4.78 is 22.1. The van der Waals surface area contributed by atoms with E-state index in [2.05, 4.69) is 10.2 Å². The smallest absolute Gasteiger partial charge is 0.339 e. The van der Waals surface area contributed by atoms with Crippen LogP contribution in [0.2, 0.25) is 0 Å². The number of hydrogen-bond acceptors (Lipinski definition) is 6. The van der Waals surface area contributed by atoms with E-state index in [1.165, 1.54) is 12.3 Å². The van der Waals surface area contributed by atoms with E-state index in [4.69, 9.17) is 9.47 Å². The number of amides is 1. The zero-order valence-electron chi connectivity index (χ0n) is 15.6. The molecule has 3 rings (SSSR count). The van der Waals surface area contributed by atoms with Crippen LogP contribution in [0, 0.1) is 0 Å². The minimum Gasteiger partial charge on any atom is -0.452 e. The summed E-state index contributed by atoms with van der Waals surface area (Å²) in [6, 6.07) is 14.0. The number of ether oxygens (including phenoxy) is 2. The van der Waals surface area contributed by atoms with Crippen LogP contribution in [-0.2, 0) is 25.1 Å². The molecule has 0 aliphatic carbocycles. The largest absolute Gasteiger partial charge is 0.452 e. The molecule has 1 saturated heterocycles. The quantitative estimate of drug-likeness (QED) is 0.745. The topological polar surface area (TPSA) is 84.9 Å². The standard InChI is InChI=1S/C20H22N2O5S/c1-28(25)18-5-3-2-4-17(18)20(24)27-14-19(23)21-15-6-8-16(9-7-15)22-10-12-26-13-11-22/h2-9H,10-14H2,1H3,(H,21,23)/t28-/m1/s1. The maximum absolute atomic E-state index is 12.2. The lowest BCUT2D eigenvalue weighted by atomic mass is 10.2. The average molecular weight is 402 g/mol. The van der Waals surface area contributed by atoms with E-state index < -0.39 is 29.3 Å². The molecule has 1 amide bonds. The summed E-state index contributed by atoms with van der Waals surface area (Å²) in [5.41, 5.74) is 1.89. The third-order valence-electron chi connectivity index (χ3n) is 4.28. The van der Waals surface area contributed by atoms with Gasteiger partial charge < -0.3 is 19.7 Å². The van der Waals surface area contributed by atoms with E-state index in [1.807, 2.05) is 12.1 Å². The van der Waals surface area contributed by atoms with Gasteiger partial charge >= 0.3 is 5.97 Å². The number of morpholine rings is 1. The van der Waals surface area contributed by atoms with Crippen molar-refractivity contribution in [3.63, 3.8) is 0 Å². The highest BCUT2D eigenvalue weighted by molar-refractivity contribution is 7.84. The summed E-state index contributed by atoms with van der Waals surface area (Å²) in [5.74, 6) is -1.12. The number of benzene rings is 2. The Morgan fingerprint density at radius 1 is 1.11 bits per heavy atom. The van der Waals surface area contributed by atoms with Crippen LogP contribution in [0.3, 0.4) is 0 Å². The zero-order valence-corrected chi connectivity index (χ0v) is 16.4. The van der Waals surface area contributed by atoms with E-state index in [1.54, 1.807) is 30.3 Å². The molecular formula is C20H22N2O5S. The third-order valence-corrected chi connectivity index (χ3v) is 5.25. The lowest BCUT2D eigenvalue weighted by Gasteiger charge is -2.28. The van der Waals surface area contributed by atoms with Crippen LogP contribution in [0.1, 0.15) is 10.4 Å². The summed E-state index contributed by atoms with van der Waals surface area (Å²) >= 11 is 0. The van der Waals surface area contributed by atoms with Crippen LogP contribution >= 0.6 is 0 Å². The van der Waals surface area contributed by atoms with Crippen LogP contribution in [0.5, 0.6) is 0 Å². The molecule has 1 atom stereocenters. The third kappa shape index (κ3) is 5.17. The van der Waals surface area contributed by atoms with Gasteiger partial charge in [0.2, 0.25) is 0 Å². The van der Waals surface area contributed by atoms with Gasteiger partial charge in [-0.2, -0.15) is 0 Å². The van der Waals surface area contributed by atoms with Crippen molar-refractivity contribution in [3.8, 4) is 0 Å². The van der Waals surface area contributed by atoms with Crippen LogP contribution in [0.4, 0.5) is 11.4 Å². The summed E-state index contributed by atoms with van der Waals surface area (Å²) in [5, 5.41) is 2.70. The summed E-state index contributed by atoms with van der Waals surface area (Å²) in [6.07, 6.45) is 1.49. The SMILES string of the molecule is C[S@@](=O)c1ccccc1C(=O)OCC(=O)Nc1ccc(N2CCOCC2)cc1. The molecule has 0 aromatic heterocycles. The van der Waals surface area contributed by atoms with Crippen molar-refractivity contribution in [2.75, 3.05) is 49.4 Å². The van der Waals surface area contributed by atoms with E-state index >= 15 is 0 Å². The number of carbonyl (C=O) groups excluding carboxylic acids is 2. The fourth-order valence-electron chi connectivity index (χ4n) is 2.87. The van der Waals surface area contributed by atoms with Crippen molar-refractivity contribution in [2.45, 2.75) is 4.90 Å². The lowest BCUT2D eigenvalue weighted by Crippen LogP contribution is -2.36. The molecular weight excluding hydrogens is 380 g/mol. The van der Waals surface area contributed by atoms with Gasteiger partial charge in [0, 0.05) is 30.7 Å². The number of anilines is 2. The van der Waals surface area contributed by atoms with Crippen molar-refractivity contribution in [1.29, 1.82) is 0 Å². The molecule has 28 heavy (non-hydrogen) atoms. The zero-order chi connectivity index (χ0) is 19.9. The fourth-order valence-corrected chi connectivity index (χ4v) is 3.60. The van der Waals surface area contributed by atoms with Gasteiger partial charge in [-0.1, -0.05) is 12.1 Å². The first-order valence-corrected chi connectivity index (χ1v) is 10.4. The molecule has 1 fully saturated rings. The molecule has 1 aliphatic heterocycles. The first-order valence-electron chi connectivity index (χ1n) is 8.87. The Morgan fingerprint density at radius 2 is 1.79 bits per heavy atom. The van der Waals surface area contributed by atoms with Gasteiger partial charge in [0.25, 0.3) is 5.91 Å². The maximum atomic E-state index is 12.2. The summed E-state index contributed by atoms with van der Waals surface area (Å²) in [6.45, 7) is 2.67. The normalized spacial score (nSPS) is 15.0. The predicted molar refractivity (Wildman–Crippen MR) is 107 cm³/mol. The second kappa shape index (κ2) is 9.48. The Hall–Kier alpha value is -2.71. The van der Waals surface area contributed by atoms with Crippen molar-refractivity contribution in [1.82, 2.24) is 0 Å². The Balaban J connectivity index is 1.53. The van der Waals surface area contributed by atoms with Gasteiger partial charge in [0.15, 0.2) is 6.61 Å². The highest BCUT2D eigenvalue weighted by atomic mass is 32.2. The van der Waals surface area contributed by atoms with Crippen molar-refractivity contribution in [2.24, 2.45) is 0 Å². The number of rotatable bonds is 6. The first-order chi connectivity index (χ1) is 13.5. The molecule has 0 radical (unpaired) electrons. The number of carbonyl (C=O) groups is 2. The number of nitrogens with one attached hydrogen (secondary N) is 1. The van der Waals surface area contributed by atoms with Crippen molar-refractivity contribution >= 4 is 34.1 Å². The molecule has 1 aliphatic rings. The Kier molecular flexibility index (Phi) is 6.78. The van der Waals surface area contributed by atoms with Crippen molar-refractivity contribution < 1.29 is 23.3 Å². The molecule has 7 nitrogen and oxygen atoms in total. The van der Waals surface area contributed by atoms with Gasteiger partial charge in [-0.3, -0.25) is 9.00 Å². The molecule has 2 aromatic rings. The van der Waals surface area contributed by atoms with Gasteiger partial charge in [-0.15, -0.1) is 0 Å². The number of hydrogen-bond donors (Lipinski definition) is 1. The van der Waals surface area contributed by atoms with E-state index in [0.29, 0.717) is 23.8 Å². The summed E-state index contributed by atoms with van der Waals surface area (Å²) in [7, 11) is -1.32. The Morgan fingerprint density at radius 3 is 2.46 bits per heavy atom. The molecule has 1 heterocycles. The molecule has 0 saturated carbocycles. The molecule has 1 N–H and O–H groups in total. The van der Waals surface area contributed by atoms with Gasteiger partial charge in [0.05, 0.1) is 34.5 Å². The molecule has 8 heteroatoms. The molecule has 0 bridgehead atoms. The maximum Gasteiger partial charge on any atom is 0.339 e. The molecule has 0 unspecified atom stereocenters. The van der Waals surface area contributed by atoms with E-state index in [-0.39, 0.29) is 5.56 Å². The first kappa shape index (κ1) is 20.0. The van der Waals surface area contributed by atoms with Gasteiger partial charge in [0.1, 0.15) is 0 Å². The van der Waals surface area contributed by atoms with Gasteiger partial charge in [-0.25, -0.2) is 4.79 Å². The van der Waals surface area contributed by atoms with Gasteiger partial charge in [-0.05, 0) is 36.4 Å². The Labute approximate surface area is 166 Å². The van der Waals surface area contributed by atoms with Crippen molar-refractivity contribution in [3.05, 3.63) is 54.1 Å². The lowest BCUT2D eigenvalue weighted by molar-refractivity contribution is -0.119. The highest BCUT2D eigenvalue weighted by Gasteiger charge is 2.16. The monoisotopic (exact) mass is 402 g/mol. The van der Waals surface area contributed by atoms with E-state index in [9.17, 15) is 13.8 Å². The predicted octanol–water partition coefficient (Wildman–Crippen LogP) is 2.06. The molecule has 0 spiro atoms. The fraction of sp³-hybridized carbons (Fsp3) is 0.300. The van der Waals surface area contributed by atoms with Crippen LogP contribution in [0.15, 0.2) is 53.4 Å². The molecule has 2 aromatic carbocycles. The minimum atomic E-state index is -1.32.